The van der Waals surface area contributed by atoms with E-state index in [1.807, 2.05) is 30.3 Å². The molecule has 20 heavy (non-hydrogen) atoms. The van der Waals surface area contributed by atoms with Crippen molar-refractivity contribution in [1.29, 1.82) is 0 Å². The number of aliphatic hydroxyl groups is 1. The van der Waals surface area contributed by atoms with E-state index in [0.29, 0.717) is 23.8 Å². The molecule has 0 bridgehead atoms. The van der Waals surface area contributed by atoms with Crippen LogP contribution >= 0.6 is 11.3 Å². The molecule has 0 fully saturated rings. The molecule has 1 amide bonds. The molecule has 0 spiro atoms. The Morgan fingerprint density at radius 3 is 2.80 bits per heavy atom. The number of hydrogen-bond acceptors (Lipinski definition) is 5. The smallest absolute Gasteiger partial charge is 0.270 e. The average molecular weight is 291 g/mol. The van der Waals surface area contributed by atoms with E-state index in [4.69, 9.17) is 0 Å². The zero-order valence-electron chi connectivity index (χ0n) is 11.2. The number of carbonyl (C=O) groups excluding carboxylic acids is 1. The fraction of sp³-hybridized carbons (Fsp3) is 0.286. The lowest BCUT2D eigenvalue weighted by Crippen LogP contribution is -2.25. The van der Waals surface area contributed by atoms with Gasteiger partial charge in [-0.05, 0) is 12.0 Å². The van der Waals surface area contributed by atoms with Gasteiger partial charge in [-0.3, -0.25) is 4.79 Å². The van der Waals surface area contributed by atoms with Gasteiger partial charge in [0.15, 0.2) is 5.13 Å². The second-order valence-corrected chi connectivity index (χ2v) is 5.12. The first-order valence-corrected chi connectivity index (χ1v) is 7.23. The minimum Gasteiger partial charge on any atom is -0.388 e. The molecule has 1 heterocycles. The number of benzene rings is 1. The van der Waals surface area contributed by atoms with Crippen LogP contribution in [0.3, 0.4) is 0 Å². The van der Waals surface area contributed by atoms with E-state index < -0.39 is 6.10 Å². The molecule has 0 aliphatic carbocycles. The predicted molar refractivity (Wildman–Crippen MR) is 80.0 cm³/mol. The Balaban J connectivity index is 1.79. The lowest BCUT2D eigenvalue weighted by atomic mass is 10.1. The van der Waals surface area contributed by atoms with E-state index in [1.165, 1.54) is 11.3 Å². The number of carbonyl (C=O) groups is 1. The molecule has 0 saturated carbocycles. The highest BCUT2D eigenvalue weighted by molar-refractivity contribution is 7.13. The van der Waals surface area contributed by atoms with Gasteiger partial charge in [0.25, 0.3) is 5.91 Å². The SMILES string of the molecule is CNc1nc(C(=O)NCCC(O)c2ccccc2)cs1. The molecule has 2 aromatic rings. The van der Waals surface area contributed by atoms with E-state index >= 15 is 0 Å². The number of amides is 1. The van der Waals surface area contributed by atoms with Crippen molar-refractivity contribution in [2.45, 2.75) is 12.5 Å². The van der Waals surface area contributed by atoms with Crippen LogP contribution in [0.25, 0.3) is 0 Å². The van der Waals surface area contributed by atoms with Gasteiger partial charge in [-0.25, -0.2) is 4.98 Å². The van der Waals surface area contributed by atoms with Crippen LogP contribution in [-0.4, -0.2) is 29.6 Å². The third kappa shape index (κ3) is 3.79. The Labute approximate surface area is 121 Å². The van der Waals surface area contributed by atoms with Crippen molar-refractivity contribution in [3.63, 3.8) is 0 Å². The van der Waals surface area contributed by atoms with Crippen molar-refractivity contribution < 1.29 is 9.90 Å². The van der Waals surface area contributed by atoms with Crippen LogP contribution in [0.4, 0.5) is 5.13 Å². The Kier molecular flexibility index (Phi) is 5.09. The van der Waals surface area contributed by atoms with E-state index in [0.717, 1.165) is 5.56 Å². The van der Waals surface area contributed by atoms with Gasteiger partial charge in [0.2, 0.25) is 0 Å². The summed E-state index contributed by atoms with van der Waals surface area (Å²) in [6.07, 6.45) is -0.0986. The molecule has 1 aromatic carbocycles. The van der Waals surface area contributed by atoms with E-state index in [2.05, 4.69) is 15.6 Å². The third-order valence-electron chi connectivity index (χ3n) is 2.84. The number of anilines is 1. The summed E-state index contributed by atoms with van der Waals surface area (Å²) in [5, 5.41) is 18.0. The summed E-state index contributed by atoms with van der Waals surface area (Å²) < 4.78 is 0. The van der Waals surface area contributed by atoms with Crippen LogP contribution in [0.2, 0.25) is 0 Å². The molecule has 0 aliphatic rings. The van der Waals surface area contributed by atoms with Gasteiger partial charge >= 0.3 is 0 Å². The van der Waals surface area contributed by atoms with Crippen LogP contribution in [-0.2, 0) is 0 Å². The van der Waals surface area contributed by atoms with Gasteiger partial charge in [0.1, 0.15) is 5.69 Å². The van der Waals surface area contributed by atoms with Gasteiger partial charge < -0.3 is 15.7 Å². The average Bonchev–Trinajstić information content (AvgIpc) is 2.97. The number of hydrogen-bond donors (Lipinski definition) is 3. The summed E-state index contributed by atoms with van der Waals surface area (Å²) in [5.74, 6) is -0.219. The second-order valence-electron chi connectivity index (χ2n) is 4.26. The maximum absolute atomic E-state index is 11.8. The first kappa shape index (κ1) is 14.5. The molecule has 6 heteroatoms. The zero-order chi connectivity index (χ0) is 14.4. The Bertz CT molecular complexity index is 557. The Morgan fingerprint density at radius 2 is 2.15 bits per heavy atom. The number of aromatic nitrogens is 1. The first-order valence-electron chi connectivity index (χ1n) is 6.35. The van der Waals surface area contributed by atoms with Crippen LogP contribution in [0.15, 0.2) is 35.7 Å². The van der Waals surface area contributed by atoms with Gasteiger partial charge in [0.05, 0.1) is 6.10 Å². The van der Waals surface area contributed by atoms with Crippen LogP contribution in [0.1, 0.15) is 28.6 Å². The highest BCUT2D eigenvalue weighted by Crippen LogP contribution is 2.16. The molecule has 0 saturated heterocycles. The lowest BCUT2D eigenvalue weighted by molar-refractivity contribution is 0.0938. The highest BCUT2D eigenvalue weighted by atomic mass is 32.1. The zero-order valence-corrected chi connectivity index (χ0v) is 12.0. The maximum atomic E-state index is 11.8. The maximum Gasteiger partial charge on any atom is 0.270 e. The molecule has 0 aliphatic heterocycles. The number of aliphatic hydroxyl groups excluding tert-OH is 1. The fourth-order valence-corrected chi connectivity index (χ4v) is 2.40. The molecule has 106 valence electrons. The van der Waals surface area contributed by atoms with Crippen molar-refractivity contribution in [1.82, 2.24) is 10.3 Å². The van der Waals surface area contributed by atoms with Gasteiger partial charge in [-0.15, -0.1) is 11.3 Å². The predicted octanol–water partition coefficient (Wildman–Crippen LogP) is 2.04. The summed E-state index contributed by atoms with van der Waals surface area (Å²) >= 11 is 1.38. The fourth-order valence-electron chi connectivity index (χ4n) is 1.75. The van der Waals surface area contributed by atoms with Crippen LogP contribution < -0.4 is 10.6 Å². The molecular formula is C14H17N3O2S. The second kappa shape index (κ2) is 7.02. The standard InChI is InChI=1S/C14H17N3O2S/c1-15-14-17-11(9-20-14)13(19)16-8-7-12(18)10-5-3-2-4-6-10/h2-6,9,12,18H,7-8H2,1H3,(H,15,17)(H,16,19). The normalized spacial score (nSPS) is 11.9. The minimum absolute atomic E-state index is 0.219. The first-order chi connectivity index (χ1) is 9.70. The number of thiazole rings is 1. The van der Waals surface area contributed by atoms with Crippen LogP contribution in [0, 0.1) is 0 Å². The number of nitrogens with one attached hydrogen (secondary N) is 2. The minimum atomic E-state index is -0.570. The molecule has 0 radical (unpaired) electrons. The van der Waals surface area contributed by atoms with Gasteiger partial charge in [-0.2, -0.15) is 0 Å². The number of rotatable bonds is 6. The van der Waals surface area contributed by atoms with E-state index in [-0.39, 0.29) is 5.91 Å². The molecule has 1 aromatic heterocycles. The Hall–Kier alpha value is -1.92. The van der Waals surface area contributed by atoms with E-state index in [9.17, 15) is 9.90 Å². The summed E-state index contributed by atoms with van der Waals surface area (Å²) in [5.41, 5.74) is 1.25. The van der Waals surface area contributed by atoms with Gasteiger partial charge in [0, 0.05) is 19.0 Å². The summed E-state index contributed by atoms with van der Waals surface area (Å²) in [6, 6.07) is 9.40. The van der Waals surface area contributed by atoms with E-state index in [1.54, 1.807) is 12.4 Å². The van der Waals surface area contributed by atoms with Crippen molar-refractivity contribution in [3.8, 4) is 0 Å². The van der Waals surface area contributed by atoms with Crippen molar-refractivity contribution >= 4 is 22.4 Å². The van der Waals surface area contributed by atoms with Crippen molar-refractivity contribution in [2.24, 2.45) is 0 Å². The highest BCUT2D eigenvalue weighted by Gasteiger charge is 2.11. The molecule has 5 nitrogen and oxygen atoms in total. The Morgan fingerprint density at radius 1 is 1.40 bits per heavy atom. The monoisotopic (exact) mass is 291 g/mol. The molecule has 3 N–H and O–H groups in total. The summed E-state index contributed by atoms with van der Waals surface area (Å²) in [4.78, 5) is 15.9. The number of nitrogens with zero attached hydrogens (tertiary/aromatic N) is 1. The lowest BCUT2D eigenvalue weighted by Gasteiger charge is -2.11. The molecule has 1 atom stereocenters. The van der Waals surface area contributed by atoms with Gasteiger partial charge in [-0.1, -0.05) is 30.3 Å². The summed E-state index contributed by atoms with van der Waals surface area (Å²) in [6.45, 7) is 0.404. The molecule has 1 unspecified atom stereocenters. The molecular weight excluding hydrogens is 274 g/mol. The summed E-state index contributed by atoms with van der Waals surface area (Å²) in [7, 11) is 1.76. The quantitative estimate of drug-likeness (QED) is 0.761. The van der Waals surface area contributed by atoms with Crippen molar-refractivity contribution in [2.75, 3.05) is 18.9 Å². The topological polar surface area (TPSA) is 74.2 Å². The van der Waals surface area contributed by atoms with Crippen molar-refractivity contribution in [3.05, 3.63) is 47.0 Å². The largest absolute Gasteiger partial charge is 0.388 e. The third-order valence-corrected chi connectivity index (χ3v) is 3.70. The van der Waals surface area contributed by atoms with Crippen LogP contribution in [0.5, 0.6) is 0 Å². The molecule has 2 rings (SSSR count).